The Labute approximate surface area is 218 Å². The number of ether oxygens (including phenoxy) is 2. The number of carbonyl (C=O) groups excluding carboxylic acids is 2. The molecule has 2 aromatic carbocycles. The zero-order valence-electron chi connectivity index (χ0n) is 18.8. The van der Waals surface area contributed by atoms with Gasteiger partial charge < -0.3 is 9.47 Å². The number of carbonyl (C=O) groups is 2. The van der Waals surface area contributed by atoms with Crippen molar-refractivity contribution in [2.45, 2.75) is 65.2 Å². The first-order valence-corrected chi connectivity index (χ1v) is 13.7. The van der Waals surface area contributed by atoms with Crippen LogP contribution in [0.5, 0.6) is 11.5 Å². The molecule has 0 saturated heterocycles. The molecule has 0 N–H and O–H groups in total. The molecule has 0 heterocycles. The van der Waals surface area contributed by atoms with Gasteiger partial charge in [-0.2, -0.15) is 0 Å². The SMILES string of the molecule is CCCCCCOc1c(I)ccc2c1C(=O)c1ccc(I)c(OCCCCCC)c1C2=O. The van der Waals surface area contributed by atoms with Crippen LogP contribution in [0.2, 0.25) is 0 Å². The van der Waals surface area contributed by atoms with Gasteiger partial charge in [-0.25, -0.2) is 0 Å². The average molecular weight is 660 g/mol. The first-order chi connectivity index (χ1) is 15.5. The molecule has 0 spiro atoms. The van der Waals surface area contributed by atoms with Crippen LogP contribution in [0.15, 0.2) is 24.3 Å². The summed E-state index contributed by atoms with van der Waals surface area (Å²) in [6.07, 6.45) is 8.69. The molecular weight excluding hydrogens is 630 g/mol. The highest BCUT2D eigenvalue weighted by atomic mass is 127. The molecule has 172 valence electrons. The van der Waals surface area contributed by atoms with Crippen molar-refractivity contribution in [1.29, 1.82) is 0 Å². The van der Waals surface area contributed by atoms with E-state index in [4.69, 9.17) is 9.47 Å². The lowest BCUT2D eigenvalue weighted by Crippen LogP contribution is -2.24. The third-order valence-corrected chi connectivity index (χ3v) is 7.35. The molecule has 0 saturated carbocycles. The molecular formula is C26H30I2O4. The highest BCUT2D eigenvalue weighted by molar-refractivity contribution is 14.1. The summed E-state index contributed by atoms with van der Waals surface area (Å²) in [6.45, 7) is 5.42. The quantitative estimate of drug-likeness (QED) is 0.149. The van der Waals surface area contributed by atoms with Gasteiger partial charge in [0.1, 0.15) is 11.5 Å². The Morgan fingerprint density at radius 3 is 1.41 bits per heavy atom. The number of fused-ring (bicyclic) bond motifs is 2. The van der Waals surface area contributed by atoms with E-state index < -0.39 is 0 Å². The third-order valence-electron chi connectivity index (χ3n) is 5.65. The third kappa shape index (κ3) is 5.66. The number of benzene rings is 2. The lowest BCUT2D eigenvalue weighted by atomic mass is 9.83. The number of halogens is 2. The van der Waals surface area contributed by atoms with Crippen molar-refractivity contribution in [2.24, 2.45) is 0 Å². The summed E-state index contributed by atoms with van der Waals surface area (Å²) in [5, 5.41) is 0. The van der Waals surface area contributed by atoms with E-state index >= 15 is 0 Å². The van der Waals surface area contributed by atoms with Gasteiger partial charge in [-0.1, -0.05) is 52.4 Å². The fourth-order valence-corrected chi connectivity index (χ4v) is 5.11. The summed E-state index contributed by atoms with van der Waals surface area (Å²) < 4.78 is 13.8. The molecule has 1 aliphatic carbocycles. The number of ketones is 2. The van der Waals surface area contributed by atoms with Crippen LogP contribution >= 0.6 is 45.2 Å². The normalized spacial score (nSPS) is 12.5. The largest absolute Gasteiger partial charge is 0.492 e. The van der Waals surface area contributed by atoms with E-state index in [1.54, 1.807) is 12.1 Å². The first-order valence-electron chi connectivity index (χ1n) is 11.5. The highest BCUT2D eigenvalue weighted by Gasteiger charge is 2.36. The van der Waals surface area contributed by atoms with Gasteiger partial charge in [0.05, 0.1) is 31.5 Å². The van der Waals surface area contributed by atoms with Crippen LogP contribution < -0.4 is 9.47 Å². The molecule has 0 bridgehead atoms. The smallest absolute Gasteiger partial charge is 0.198 e. The topological polar surface area (TPSA) is 52.6 Å². The van der Waals surface area contributed by atoms with Gasteiger partial charge in [0.25, 0.3) is 0 Å². The first kappa shape index (κ1) is 25.5. The lowest BCUT2D eigenvalue weighted by molar-refractivity contribution is 0.0971. The Hall–Kier alpha value is -1.16. The lowest BCUT2D eigenvalue weighted by Gasteiger charge is -2.23. The maximum atomic E-state index is 13.5. The molecule has 4 nitrogen and oxygen atoms in total. The van der Waals surface area contributed by atoms with Crippen molar-refractivity contribution < 1.29 is 19.1 Å². The molecule has 0 unspecified atom stereocenters. The Morgan fingerprint density at radius 2 is 1.03 bits per heavy atom. The summed E-state index contributed by atoms with van der Waals surface area (Å²) in [6, 6.07) is 7.20. The average Bonchev–Trinajstić information content (AvgIpc) is 2.78. The fourth-order valence-electron chi connectivity index (χ4n) is 3.90. The number of hydrogen-bond acceptors (Lipinski definition) is 4. The van der Waals surface area contributed by atoms with Gasteiger partial charge in [-0.15, -0.1) is 0 Å². The van der Waals surface area contributed by atoms with E-state index in [9.17, 15) is 9.59 Å². The molecule has 3 rings (SSSR count). The second-order valence-electron chi connectivity index (χ2n) is 8.07. The van der Waals surface area contributed by atoms with E-state index in [1.807, 2.05) is 12.1 Å². The summed E-state index contributed by atoms with van der Waals surface area (Å²) in [7, 11) is 0. The maximum Gasteiger partial charge on any atom is 0.198 e. The maximum absolute atomic E-state index is 13.5. The molecule has 32 heavy (non-hydrogen) atoms. The molecule has 2 aromatic rings. The van der Waals surface area contributed by atoms with E-state index in [0.29, 0.717) is 47.0 Å². The van der Waals surface area contributed by atoms with Crippen molar-refractivity contribution >= 4 is 56.7 Å². The molecule has 0 radical (unpaired) electrons. The second kappa shape index (κ2) is 12.3. The predicted octanol–water partition coefficient (Wildman–Crippen LogP) is 7.59. The molecule has 6 heteroatoms. The van der Waals surface area contributed by atoms with Gasteiger partial charge in [-0.05, 0) is 82.3 Å². The van der Waals surface area contributed by atoms with Gasteiger partial charge in [0.15, 0.2) is 11.6 Å². The number of rotatable bonds is 12. The Kier molecular flexibility index (Phi) is 9.82. The van der Waals surface area contributed by atoms with Crippen LogP contribution in [0, 0.1) is 7.14 Å². The minimum Gasteiger partial charge on any atom is -0.492 e. The molecule has 0 amide bonds. The zero-order valence-corrected chi connectivity index (χ0v) is 23.1. The summed E-state index contributed by atoms with van der Waals surface area (Å²) in [4.78, 5) is 27.1. The van der Waals surface area contributed by atoms with Gasteiger partial charge in [-0.3, -0.25) is 9.59 Å². The molecule has 1 aliphatic rings. The van der Waals surface area contributed by atoms with Crippen LogP contribution in [0.1, 0.15) is 97.1 Å². The summed E-state index contributed by atoms with van der Waals surface area (Å²) in [5.74, 6) is 0.737. The monoisotopic (exact) mass is 660 g/mol. The van der Waals surface area contributed by atoms with Crippen molar-refractivity contribution in [2.75, 3.05) is 13.2 Å². The molecule has 0 aromatic heterocycles. The van der Waals surface area contributed by atoms with Gasteiger partial charge in [0.2, 0.25) is 0 Å². The summed E-state index contributed by atoms with van der Waals surface area (Å²) >= 11 is 4.36. The fraction of sp³-hybridized carbons (Fsp3) is 0.462. The van der Waals surface area contributed by atoms with Gasteiger partial charge >= 0.3 is 0 Å². The van der Waals surface area contributed by atoms with Crippen LogP contribution in [0.25, 0.3) is 0 Å². The van der Waals surface area contributed by atoms with Crippen LogP contribution in [0.3, 0.4) is 0 Å². The molecule has 0 aliphatic heterocycles. The standard InChI is InChI=1S/C26H30I2O4/c1-3-5-7-9-15-31-25-19(27)13-11-17-21(25)23(29)18-12-14-20(28)26(22(18)24(17)30)32-16-10-8-6-4-2/h11-14H,3-10,15-16H2,1-2H3. The Balaban J connectivity index is 1.91. The van der Waals surface area contributed by atoms with Crippen LogP contribution in [-0.4, -0.2) is 24.8 Å². The van der Waals surface area contributed by atoms with E-state index in [-0.39, 0.29) is 11.6 Å². The second-order valence-corrected chi connectivity index (χ2v) is 10.4. The van der Waals surface area contributed by atoms with Crippen molar-refractivity contribution in [3.63, 3.8) is 0 Å². The van der Waals surface area contributed by atoms with E-state index in [0.717, 1.165) is 58.5 Å². The Bertz CT molecular complexity index is 905. The summed E-state index contributed by atoms with van der Waals surface area (Å²) in [5.41, 5.74) is 1.59. The minimum absolute atomic E-state index is 0.163. The van der Waals surface area contributed by atoms with Gasteiger partial charge in [0, 0.05) is 11.1 Å². The molecule has 0 fully saturated rings. The zero-order chi connectivity index (χ0) is 23.1. The predicted molar refractivity (Wildman–Crippen MR) is 144 cm³/mol. The number of hydrogen-bond donors (Lipinski definition) is 0. The highest BCUT2D eigenvalue weighted by Crippen LogP contribution is 2.41. The van der Waals surface area contributed by atoms with Crippen molar-refractivity contribution in [3.8, 4) is 11.5 Å². The minimum atomic E-state index is -0.163. The number of unbranched alkanes of at least 4 members (excludes halogenated alkanes) is 6. The van der Waals surface area contributed by atoms with E-state index in [1.165, 1.54) is 0 Å². The van der Waals surface area contributed by atoms with Crippen LogP contribution in [-0.2, 0) is 0 Å². The van der Waals surface area contributed by atoms with Crippen LogP contribution in [0.4, 0.5) is 0 Å². The Morgan fingerprint density at radius 1 is 0.625 bits per heavy atom. The van der Waals surface area contributed by atoms with Crippen molar-refractivity contribution in [3.05, 3.63) is 53.7 Å². The van der Waals surface area contributed by atoms with Crippen molar-refractivity contribution in [1.82, 2.24) is 0 Å². The van der Waals surface area contributed by atoms with E-state index in [2.05, 4.69) is 59.0 Å². The molecule has 0 atom stereocenters.